The van der Waals surface area contributed by atoms with Crippen LogP contribution < -0.4 is 5.69 Å². The van der Waals surface area contributed by atoms with Crippen LogP contribution in [0.15, 0.2) is 35.1 Å². The van der Waals surface area contributed by atoms with Gasteiger partial charge in [-0.05, 0) is 48.2 Å². The second-order valence-electron chi connectivity index (χ2n) is 6.54. The summed E-state index contributed by atoms with van der Waals surface area (Å²) in [6.07, 6.45) is 3.04. The van der Waals surface area contributed by atoms with Crippen molar-refractivity contribution in [2.45, 2.75) is 37.8 Å². The Morgan fingerprint density at radius 3 is 2.72 bits per heavy atom. The topological polar surface area (TPSA) is 82.2 Å². The lowest BCUT2D eigenvalue weighted by Crippen LogP contribution is -2.46. The molecule has 2 atom stereocenters. The maximum absolute atomic E-state index is 12.7. The van der Waals surface area contributed by atoms with Gasteiger partial charge in [0.2, 0.25) is 0 Å². The SMILES string of the molecule is O=C([C@H]1CCCO1)N1CCC[C@H](n2nnn(-c3ccccc3)c2=O)C1. The van der Waals surface area contributed by atoms with Gasteiger partial charge < -0.3 is 9.64 Å². The van der Waals surface area contributed by atoms with E-state index < -0.39 is 0 Å². The minimum absolute atomic E-state index is 0.0331. The third-order valence-electron chi connectivity index (χ3n) is 4.86. The van der Waals surface area contributed by atoms with Crippen LogP contribution in [0.5, 0.6) is 0 Å². The van der Waals surface area contributed by atoms with Crippen molar-refractivity contribution in [1.82, 2.24) is 24.7 Å². The number of rotatable bonds is 3. The van der Waals surface area contributed by atoms with E-state index in [2.05, 4.69) is 10.4 Å². The lowest BCUT2D eigenvalue weighted by molar-refractivity contribution is -0.142. The number of tetrazole rings is 1. The first-order valence-corrected chi connectivity index (χ1v) is 8.74. The number of hydrogen-bond acceptors (Lipinski definition) is 5. The van der Waals surface area contributed by atoms with Crippen molar-refractivity contribution in [1.29, 1.82) is 0 Å². The zero-order valence-corrected chi connectivity index (χ0v) is 14.0. The molecule has 8 nitrogen and oxygen atoms in total. The van der Waals surface area contributed by atoms with E-state index in [1.165, 1.54) is 9.36 Å². The van der Waals surface area contributed by atoms with Crippen molar-refractivity contribution >= 4 is 5.91 Å². The van der Waals surface area contributed by atoms with Crippen LogP contribution in [0.1, 0.15) is 31.7 Å². The molecular formula is C17H21N5O3. The second-order valence-corrected chi connectivity index (χ2v) is 6.54. The molecule has 25 heavy (non-hydrogen) atoms. The van der Waals surface area contributed by atoms with Gasteiger partial charge in [0.25, 0.3) is 5.91 Å². The van der Waals surface area contributed by atoms with Crippen molar-refractivity contribution < 1.29 is 9.53 Å². The number of carbonyl (C=O) groups is 1. The summed E-state index contributed by atoms with van der Waals surface area (Å²) in [6.45, 7) is 1.83. The summed E-state index contributed by atoms with van der Waals surface area (Å²) in [5.41, 5.74) is 0.407. The maximum atomic E-state index is 12.7. The molecule has 132 valence electrons. The standard InChI is InChI=1S/C17H21N5O3/c23-16(15-9-5-11-25-15)20-10-4-8-14(12-20)22-17(24)21(18-19-22)13-6-2-1-3-7-13/h1-3,6-7,14-15H,4-5,8-12H2/t14-,15+/m0/s1. The average molecular weight is 343 g/mol. The predicted octanol–water partition coefficient (Wildman–Crippen LogP) is 0.771. The van der Waals surface area contributed by atoms with Crippen molar-refractivity contribution in [2.24, 2.45) is 0 Å². The molecule has 2 fully saturated rings. The zero-order chi connectivity index (χ0) is 17.2. The quantitative estimate of drug-likeness (QED) is 0.822. The van der Waals surface area contributed by atoms with E-state index in [-0.39, 0.29) is 23.7 Å². The van der Waals surface area contributed by atoms with Crippen molar-refractivity contribution in [3.05, 3.63) is 40.8 Å². The van der Waals surface area contributed by atoms with Gasteiger partial charge in [-0.1, -0.05) is 18.2 Å². The zero-order valence-electron chi connectivity index (χ0n) is 14.0. The second kappa shape index (κ2) is 6.79. The van der Waals surface area contributed by atoms with Gasteiger partial charge in [-0.25, -0.2) is 4.79 Å². The van der Waals surface area contributed by atoms with Crippen LogP contribution in [0, 0.1) is 0 Å². The summed E-state index contributed by atoms with van der Waals surface area (Å²) >= 11 is 0. The van der Waals surface area contributed by atoms with Crippen molar-refractivity contribution in [2.75, 3.05) is 19.7 Å². The fraction of sp³-hybridized carbons (Fsp3) is 0.529. The first-order valence-electron chi connectivity index (χ1n) is 8.74. The number of piperidine rings is 1. The summed E-state index contributed by atoms with van der Waals surface area (Å²) in [5.74, 6) is 0.0331. The molecule has 8 heteroatoms. The number of nitrogens with zero attached hydrogens (tertiary/aromatic N) is 5. The maximum Gasteiger partial charge on any atom is 0.368 e. The van der Waals surface area contributed by atoms with Crippen LogP contribution in [-0.4, -0.2) is 56.4 Å². The minimum atomic E-state index is -0.324. The van der Waals surface area contributed by atoms with Gasteiger partial charge in [-0.15, -0.1) is 0 Å². The molecule has 4 rings (SSSR count). The molecular weight excluding hydrogens is 322 g/mol. The van der Waals surface area contributed by atoms with Crippen LogP contribution in [0.2, 0.25) is 0 Å². The van der Waals surface area contributed by atoms with Gasteiger partial charge in [-0.3, -0.25) is 4.79 Å². The lowest BCUT2D eigenvalue weighted by atomic mass is 10.0. The number of aromatic nitrogens is 4. The van der Waals surface area contributed by atoms with Crippen LogP contribution in [0.3, 0.4) is 0 Å². The molecule has 1 aromatic heterocycles. The molecule has 2 aliphatic heterocycles. The first-order chi connectivity index (χ1) is 12.2. The smallest absolute Gasteiger partial charge is 0.368 e. The van der Waals surface area contributed by atoms with Crippen LogP contribution in [-0.2, 0) is 9.53 Å². The Hall–Kier alpha value is -2.48. The number of para-hydroxylation sites is 1. The average Bonchev–Trinajstić information content (AvgIpc) is 3.32. The molecule has 2 aromatic rings. The van der Waals surface area contributed by atoms with E-state index in [4.69, 9.17) is 4.74 Å². The highest BCUT2D eigenvalue weighted by Crippen LogP contribution is 2.22. The summed E-state index contributed by atoms with van der Waals surface area (Å²) in [5, 5.41) is 8.05. The van der Waals surface area contributed by atoms with E-state index in [1.54, 1.807) is 4.90 Å². The number of likely N-dealkylation sites (tertiary alicyclic amines) is 1. The number of amides is 1. The summed E-state index contributed by atoms with van der Waals surface area (Å²) in [4.78, 5) is 27.0. The van der Waals surface area contributed by atoms with Gasteiger partial charge >= 0.3 is 5.69 Å². The molecule has 0 spiro atoms. The third-order valence-corrected chi connectivity index (χ3v) is 4.86. The van der Waals surface area contributed by atoms with E-state index in [9.17, 15) is 9.59 Å². The van der Waals surface area contributed by atoms with Crippen LogP contribution in [0.4, 0.5) is 0 Å². The monoisotopic (exact) mass is 343 g/mol. The number of hydrogen-bond donors (Lipinski definition) is 0. The Balaban J connectivity index is 1.53. The largest absolute Gasteiger partial charge is 0.368 e. The molecule has 0 N–H and O–H groups in total. The predicted molar refractivity (Wildman–Crippen MR) is 89.4 cm³/mol. The summed E-state index contributed by atoms with van der Waals surface area (Å²) < 4.78 is 8.20. The fourth-order valence-corrected chi connectivity index (χ4v) is 3.55. The molecule has 0 bridgehead atoms. The highest BCUT2D eigenvalue weighted by molar-refractivity contribution is 5.81. The van der Waals surface area contributed by atoms with Crippen molar-refractivity contribution in [3.63, 3.8) is 0 Å². The highest BCUT2D eigenvalue weighted by Gasteiger charge is 2.33. The molecule has 0 unspecified atom stereocenters. The molecule has 1 amide bonds. The van der Waals surface area contributed by atoms with E-state index >= 15 is 0 Å². The Labute approximate surface area is 145 Å². The van der Waals surface area contributed by atoms with E-state index in [0.717, 1.165) is 25.7 Å². The van der Waals surface area contributed by atoms with Gasteiger partial charge in [0.05, 0.1) is 11.7 Å². The third kappa shape index (κ3) is 3.09. The summed E-state index contributed by atoms with van der Waals surface area (Å²) in [6, 6.07) is 9.06. The van der Waals surface area contributed by atoms with Gasteiger partial charge in [0, 0.05) is 19.7 Å². The summed E-state index contributed by atoms with van der Waals surface area (Å²) in [7, 11) is 0. The minimum Gasteiger partial charge on any atom is -0.368 e. The Kier molecular flexibility index (Phi) is 4.35. The number of ether oxygens (including phenoxy) is 1. The lowest BCUT2D eigenvalue weighted by Gasteiger charge is -2.33. The molecule has 3 heterocycles. The van der Waals surface area contributed by atoms with E-state index in [0.29, 0.717) is 25.4 Å². The molecule has 2 aliphatic rings. The first kappa shape index (κ1) is 16.0. The molecule has 1 aromatic carbocycles. The number of carbonyl (C=O) groups excluding carboxylic acids is 1. The molecule has 0 saturated carbocycles. The van der Waals surface area contributed by atoms with Gasteiger partial charge in [0.15, 0.2) is 0 Å². The normalized spacial score (nSPS) is 23.8. The Bertz CT molecular complexity index is 794. The number of benzene rings is 1. The highest BCUT2D eigenvalue weighted by atomic mass is 16.5. The molecule has 0 radical (unpaired) electrons. The van der Waals surface area contributed by atoms with Gasteiger partial charge in [-0.2, -0.15) is 9.36 Å². The molecule has 0 aliphatic carbocycles. The van der Waals surface area contributed by atoms with Crippen LogP contribution in [0.25, 0.3) is 5.69 Å². The fourth-order valence-electron chi connectivity index (χ4n) is 3.55. The van der Waals surface area contributed by atoms with Crippen molar-refractivity contribution in [3.8, 4) is 5.69 Å². The van der Waals surface area contributed by atoms with Gasteiger partial charge in [0.1, 0.15) is 6.10 Å². The molecule has 2 saturated heterocycles. The van der Waals surface area contributed by atoms with Crippen LogP contribution >= 0.6 is 0 Å². The Morgan fingerprint density at radius 1 is 1.12 bits per heavy atom. The Morgan fingerprint density at radius 2 is 1.96 bits per heavy atom. The van der Waals surface area contributed by atoms with E-state index in [1.807, 2.05) is 30.3 Å².